The first kappa shape index (κ1) is 22.2. The zero-order valence-electron chi connectivity index (χ0n) is 17.1. The molecule has 1 N–H and O–H groups in total. The number of likely N-dealkylation sites (tertiary alicyclic amines) is 2. The van der Waals surface area contributed by atoms with Crippen molar-refractivity contribution in [3.8, 4) is 0 Å². The van der Waals surface area contributed by atoms with Gasteiger partial charge in [0.05, 0.1) is 6.54 Å². The molecular weight excluding hydrogens is 439 g/mol. The number of nitrogens with one attached hydrogen (secondary N) is 1. The minimum absolute atomic E-state index is 0. The standard InChI is InChI=1S/C20H38N4O.HI/c1-4-19(3)8-13-23(17-19)18(21-5-2)22-16-20(9-14-25-15-10-20)24-11-6-7-12-24;/h4-17H2,1-3H3,(H,21,22);1H. The van der Waals surface area contributed by atoms with Crippen LogP contribution < -0.4 is 5.32 Å². The number of hydrogen-bond acceptors (Lipinski definition) is 3. The van der Waals surface area contributed by atoms with E-state index in [0.29, 0.717) is 5.41 Å². The number of aliphatic imine (C=N–C) groups is 1. The van der Waals surface area contributed by atoms with E-state index in [1.165, 1.54) is 38.8 Å². The van der Waals surface area contributed by atoms with Crippen LogP contribution in [0.5, 0.6) is 0 Å². The van der Waals surface area contributed by atoms with Crippen LogP contribution in [0.25, 0.3) is 0 Å². The minimum atomic E-state index is 0. The van der Waals surface area contributed by atoms with Crippen molar-refractivity contribution in [3.05, 3.63) is 0 Å². The van der Waals surface area contributed by atoms with Crippen molar-refractivity contribution >= 4 is 29.9 Å². The number of guanidine groups is 1. The fourth-order valence-corrected chi connectivity index (χ4v) is 4.66. The summed E-state index contributed by atoms with van der Waals surface area (Å²) in [5.74, 6) is 1.13. The van der Waals surface area contributed by atoms with E-state index in [-0.39, 0.29) is 29.5 Å². The Bertz CT molecular complexity index is 461. The lowest BCUT2D eigenvalue weighted by atomic mass is 9.87. The lowest BCUT2D eigenvalue weighted by Gasteiger charge is -2.44. The smallest absolute Gasteiger partial charge is 0.193 e. The summed E-state index contributed by atoms with van der Waals surface area (Å²) in [4.78, 5) is 10.4. The van der Waals surface area contributed by atoms with Crippen molar-refractivity contribution in [1.82, 2.24) is 15.1 Å². The summed E-state index contributed by atoms with van der Waals surface area (Å²) in [6, 6.07) is 0. The normalized spacial score (nSPS) is 29.7. The molecule has 0 aromatic carbocycles. The molecule has 3 rings (SSSR count). The largest absolute Gasteiger partial charge is 0.381 e. The first-order chi connectivity index (χ1) is 12.1. The first-order valence-corrected chi connectivity index (χ1v) is 10.5. The Morgan fingerprint density at radius 1 is 1.08 bits per heavy atom. The molecule has 0 saturated carbocycles. The molecule has 0 aliphatic carbocycles. The second kappa shape index (κ2) is 9.92. The van der Waals surface area contributed by atoms with Crippen molar-refractivity contribution in [3.63, 3.8) is 0 Å². The average molecular weight is 478 g/mol. The van der Waals surface area contributed by atoms with Gasteiger partial charge in [0, 0.05) is 38.4 Å². The van der Waals surface area contributed by atoms with Gasteiger partial charge >= 0.3 is 0 Å². The SMILES string of the molecule is CCNC(=NCC1(N2CCCC2)CCOCC1)N1CCC(C)(CC)C1.I. The third kappa shape index (κ3) is 5.04. The quantitative estimate of drug-likeness (QED) is 0.374. The molecule has 3 fully saturated rings. The van der Waals surface area contributed by atoms with Gasteiger partial charge in [-0.3, -0.25) is 9.89 Å². The molecule has 26 heavy (non-hydrogen) atoms. The Morgan fingerprint density at radius 2 is 1.77 bits per heavy atom. The van der Waals surface area contributed by atoms with Gasteiger partial charge in [-0.2, -0.15) is 0 Å². The second-order valence-electron chi connectivity index (χ2n) is 8.54. The number of hydrogen-bond donors (Lipinski definition) is 1. The van der Waals surface area contributed by atoms with Crippen molar-refractivity contribution in [2.45, 2.75) is 64.8 Å². The van der Waals surface area contributed by atoms with Crippen LogP contribution in [0.1, 0.15) is 59.3 Å². The third-order valence-corrected chi connectivity index (χ3v) is 6.77. The molecule has 3 aliphatic rings. The van der Waals surface area contributed by atoms with E-state index in [1.54, 1.807) is 0 Å². The van der Waals surface area contributed by atoms with Crippen molar-refractivity contribution in [2.75, 3.05) is 52.5 Å². The van der Waals surface area contributed by atoms with Gasteiger partial charge in [-0.05, 0) is 64.0 Å². The van der Waals surface area contributed by atoms with Gasteiger partial charge in [0.1, 0.15) is 0 Å². The van der Waals surface area contributed by atoms with E-state index in [2.05, 4.69) is 35.9 Å². The summed E-state index contributed by atoms with van der Waals surface area (Å²) in [7, 11) is 0. The molecule has 5 nitrogen and oxygen atoms in total. The zero-order chi connectivity index (χ0) is 17.8. The van der Waals surface area contributed by atoms with Crippen LogP contribution >= 0.6 is 24.0 Å². The third-order valence-electron chi connectivity index (χ3n) is 6.77. The average Bonchev–Trinajstić information content (AvgIpc) is 3.30. The van der Waals surface area contributed by atoms with Crippen LogP contribution in [0.2, 0.25) is 0 Å². The molecule has 6 heteroatoms. The van der Waals surface area contributed by atoms with Crippen LogP contribution in [-0.2, 0) is 4.74 Å². The molecule has 1 unspecified atom stereocenters. The predicted octanol–water partition coefficient (Wildman–Crippen LogP) is 3.34. The molecule has 0 bridgehead atoms. The van der Waals surface area contributed by atoms with Gasteiger partial charge in [0.15, 0.2) is 5.96 Å². The number of ether oxygens (including phenoxy) is 1. The Hall–Kier alpha value is -0.0800. The molecule has 1 atom stereocenters. The Morgan fingerprint density at radius 3 is 2.35 bits per heavy atom. The van der Waals surface area contributed by atoms with Crippen LogP contribution in [0.4, 0.5) is 0 Å². The molecule has 0 aromatic rings. The fraction of sp³-hybridized carbons (Fsp3) is 0.950. The van der Waals surface area contributed by atoms with E-state index in [4.69, 9.17) is 9.73 Å². The first-order valence-electron chi connectivity index (χ1n) is 10.5. The monoisotopic (exact) mass is 478 g/mol. The van der Waals surface area contributed by atoms with E-state index in [1.807, 2.05) is 0 Å². The second-order valence-corrected chi connectivity index (χ2v) is 8.54. The fourth-order valence-electron chi connectivity index (χ4n) is 4.66. The van der Waals surface area contributed by atoms with Crippen LogP contribution in [0, 0.1) is 5.41 Å². The summed E-state index contributed by atoms with van der Waals surface area (Å²) in [5.41, 5.74) is 0.671. The Labute approximate surface area is 177 Å². The van der Waals surface area contributed by atoms with Gasteiger partial charge in [0.25, 0.3) is 0 Å². The van der Waals surface area contributed by atoms with Gasteiger partial charge in [-0.25, -0.2) is 0 Å². The number of nitrogens with zero attached hydrogens (tertiary/aromatic N) is 3. The van der Waals surface area contributed by atoms with Gasteiger partial charge in [-0.15, -0.1) is 24.0 Å². The topological polar surface area (TPSA) is 40.1 Å². The Kier molecular flexibility index (Phi) is 8.47. The molecule has 3 heterocycles. The Balaban J connectivity index is 0.00000243. The van der Waals surface area contributed by atoms with Crippen LogP contribution in [0.15, 0.2) is 4.99 Å². The molecule has 3 saturated heterocycles. The van der Waals surface area contributed by atoms with E-state index in [0.717, 1.165) is 58.2 Å². The summed E-state index contributed by atoms with van der Waals surface area (Å²) in [5, 5.41) is 3.56. The maximum absolute atomic E-state index is 5.68. The summed E-state index contributed by atoms with van der Waals surface area (Å²) >= 11 is 0. The molecular formula is C20H39IN4O. The summed E-state index contributed by atoms with van der Waals surface area (Å²) in [6.45, 7) is 15.3. The molecule has 3 aliphatic heterocycles. The highest BCUT2D eigenvalue weighted by atomic mass is 127. The highest BCUT2D eigenvalue weighted by Gasteiger charge is 2.40. The highest BCUT2D eigenvalue weighted by molar-refractivity contribution is 14.0. The van der Waals surface area contributed by atoms with Crippen molar-refractivity contribution in [2.24, 2.45) is 10.4 Å². The predicted molar refractivity (Wildman–Crippen MR) is 120 cm³/mol. The summed E-state index contributed by atoms with van der Waals surface area (Å²) in [6.07, 6.45) is 7.46. The maximum Gasteiger partial charge on any atom is 0.193 e. The van der Waals surface area contributed by atoms with Crippen molar-refractivity contribution < 1.29 is 4.74 Å². The molecule has 0 amide bonds. The van der Waals surface area contributed by atoms with Gasteiger partial charge in [-0.1, -0.05) is 13.8 Å². The number of rotatable bonds is 5. The lowest BCUT2D eigenvalue weighted by molar-refractivity contribution is -0.0139. The van der Waals surface area contributed by atoms with Gasteiger partial charge < -0.3 is 15.0 Å². The lowest BCUT2D eigenvalue weighted by Crippen LogP contribution is -2.54. The van der Waals surface area contributed by atoms with E-state index >= 15 is 0 Å². The highest BCUT2D eigenvalue weighted by Crippen LogP contribution is 2.34. The number of halogens is 1. The summed E-state index contributed by atoms with van der Waals surface area (Å²) < 4.78 is 5.68. The van der Waals surface area contributed by atoms with E-state index < -0.39 is 0 Å². The molecule has 0 radical (unpaired) electrons. The zero-order valence-corrected chi connectivity index (χ0v) is 19.4. The molecule has 0 aromatic heterocycles. The molecule has 0 spiro atoms. The van der Waals surface area contributed by atoms with Crippen LogP contribution in [-0.4, -0.2) is 73.8 Å². The van der Waals surface area contributed by atoms with Crippen molar-refractivity contribution in [1.29, 1.82) is 0 Å². The van der Waals surface area contributed by atoms with Gasteiger partial charge in [0.2, 0.25) is 0 Å². The van der Waals surface area contributed by atoms with Crippen LogP contribution in [0.3, 0.4) is 0 Å². The molecule has 152 valence electrons. The maximum atomic E-state index is 5.68. The van der Waals surface area contributed by atoms with E-state index in [9.17, 15) is 0 Å². The minimum Gasteiger partial charge on any atom is -0.381 e.